The number of carboxylic acids is 1. The van der Waals surface area contributed by atoms with Gasteiger partial charge in [0.15, 0.2) is 0 Å². The molecular formula is C13H20N2O3. The molecule has 1 aromatic heterocycles. The second-order valence-electron chi connectivity index (χ2n) is 4.43. The summed E-state index contributed by atoms with van der Waals surface area (Å²) in [6.07, 6.45) is 1.41. The first kappa shape index (κ1) is 14.4. The van der Waals surface area contributed by atoms with E-state index in [4.69, 9.17) is 4.74 Å². The minimum Gasteiger partial charge on any atom is -0.478 e. The lowest BCUT2D eigenvalue weighted by atomic mass is 10.1. The molecule has 1 heterocycles. The Kier molecular flexibility index (Phi) is 5.09. The van der Waals surface area contributed by atoms with Crippen molar-refractivity contribution in [2.75, 3.05) is 25.2 Å². The molecular weight excluding hydrogens is 232 g/mol. The standard InChI is InChI=1S/C13H20N2O3/c1-9(2)15(5-6-18-4)12-7-10(3)14-8-11(12)13(16)17/h7-9H,5-6H2,1-4H3,(H,16,17). The highest BCUT2D eigenvalue weighted by Crippen LogP contribution is 2.23. The van der Waals surface area contributed by atoms with Gasteiger partial charge in [0.05, 0.1) is 12.3 Å². The number of aromatic carboxylic acids is 1. The number of rotatable bonds is 6. The van der Waals surface area contributed by atoms with Crippen LogP contribution in [0.2, 0.25) is 0 Å². The molecule has 100 valence electrons. The van der Waals surface area contributed by atoms with Gasteiger partial charge in [-0.05, 0) is 26.8 Å². The van der Waals surface area contributed by atoms with Gasteiger partial charge < -0.3 is 14.7 Å². The number of anilines is 1. The first-order chi connectivity index (χ1) is 8.47. The first-order valence-electron chi connectivity index (χ1n) is 5.93. The van der Waals surface area contributed by atoms with Crippen molar-refractivity contribution in [1.29, 1.82) is 0 Å². The van der Waals surface area contributed by atoms with Crippen molar-refractivity contribution < 1.29 is 14.6 Å². The van der Waals surface area contributed by atoms with Crippen LogP contribution in [-0.2, 0) is 4.74 Å². The summed E-state index contributed by atoms with van der Waals surface area (Å²) in [5.41, 5.74) is 1.73. The van der Waals surface area contributed by atoms with Gasteiger partial charge in [0.25, 0.3) is 0 Å². The molecule has 1 N–H and O–H groups in total. The highest BCUT2D eigenvalue weighted by Gasteiger charge is 2.18. The zero-order valence-electron chi connectivity index (χ0n) is 11.3. The molecule has 1 rings (SSSR count). The van der Waals surface area contributed by atoms with Crippen molar-refractivity contribution >= 4 is 11.7 Å². The molecule has 0 atom stereocenters. The minimum absolute atomic E-state index is 0.194. The van der Waals surface area contributed by atoms with Crippen molar-refractivity contribution in [2.45, 2.75) is 26.8 Å². The van der Waals surface area contributed by atoms with Crippen LogP contribution < -0.4 is 4.90 Å². The summed E-state index contributed by atoms with van der Waals surface area (Å²) in [6, 6.07) is 2.00. The Balaban J connectivity index is 3.16. The SMILES string of the molecule is COCCN(c1cc(C)ncc1C(=O)O)C(C)C. The molecule has 0 amide bonds. The Bertz CT molecular complexity index is 419. The van der Waals surface area contributed by atoms with E-state index in [2.05, 4.69) is 4.98 Å². The largest absolute Gasteiger partial charge is 0.478 e. The van der Waals surface area contributed by atoms with Crippen LogP contribution in [0.4, 0.5) is 5.69 Å². The second-order valence-corrected chi connectivity index (χ2v) is 4.43. The van der Waals surface area contributed by atoms with Gasteiger partial charge in [-0.25, -0.2) is 4.79 Å². The predicted octanol–water partition coefficient (Wildman–Crippen LogP) is 1.95. The summed E-state index contributed by atoms with van der Waals surface area (Å²) >= 11 is 0. The van der Waals surface area contributed by atoms with Gasteiger partial charge in [0, 0.05) is 31.6 Å². The molecule has 0 spiro atoms. The Labute approximate surface area is 107 Å². The number of methoxy groups -OCH3 is 1. The summed E-state index contributed by atoms with van der Waals surface area (Å²) in [7, 11) is 1.63. The number of carbonyl (C=O) groups is 1. The quantitative estimate of drug-likeness (QED) is 0.838. The van der Waals surface area contributed by atoms with E-state index in [-0.39, 0.29) is 11.6 Å². The van der Waals surface area contributed by atoms with Gasteiger partial charge in [-0.2, -0.15) is 0 Å². The number of aryl methyl sites for hydroxylation is 1. The normalized spacial score (nSPS) is 10.7. The maximum atomic E-state index is 11.2. The maximum Gasteiger partial charge on any atom is 0.339 e. The van der Waals surface area contributed by atoms with Gasteiger partial charge in [0.2, 0.25) is 0 Å². The molecule has 0 aliphatic carbocycles. The zero-order chi connectivity index (χ0) is 13.7. The van der Waals surface area contributed by atoms with E-state index >= 15 is 0 Å². The molecule has 18 heavy (non-hydrogen) atoms. The molecule has 0 aliphatic rings. The Morgan fingerprint density at radius 2 is 2.22 bits per heavy atom. The zero-order valence-corrected chi connectivity index (χ0v) is 11.3. The van der Waals surface area contributed by atoms with Gasteiger partial charge in [0.1, 0.15) is 5.56 Å². The van der Waals surface area contributed by atoms with E-state index in [0.29, 0.717) is 18.8 Å². The fraction of sp³-hybridized carbons (Fsp3) is 0.538. The van der Waals surface area contributed by atoms with E-state index < -0.39 is 5.97 Å². The molecule has 0 bridgehead atoms. The molecule has 0 unspecified atom stereocenters. The third-order valence-electron chi connectivity index (χ3n) is 2.72. The first-order valence-corrected chi connectivity index (χ1v) is 5.93. The van der Waals surface area contributed by atoms with Crippen LogP contribution in [0.5, 0.6) is 0 Å². The summed E-state index contributed by atoms with van der Waals surface area (Å²) < 4.78 is 5.07. The molecule has 1 aromatic rings. The van der Waals surface area contributed by atoms with Crippen molar-refractivity contribution in [1.82, 2.24) is 4.98 Å². The van der Waals surface area contributed by atoms with Crippen molar-refractivity contribution in [3.8, 4) is 0 Å². The van der Waals surface area contributed by atoms with Gasteiger partial charge in [-0.15, -0.1) is 0 Å². The summed E-state index contributed by atoms with van der Waals surface area (Å²) in [6.45, 7) is 7.11. The van der Waals surface area contributed by atoms with Gasteiger partial charge in [-0.3, -0.25) is 4.98 Å². The fourth-order valence-electron chi connectivity index (χ4n) is 1.79. The van der Waals surface area contributed by atoms with Crippen LogP contribution in [0, 0.1) is 6.92 Å². The van der Waals surface area contributed by atoms with Crippen LogP contribution in [0.1, 0.15) is 29.9 Å². The molecule has 5 nitrogen and oxygen atoms in total. The summed E-state index contributed by atoms with van der Waals surface area (Å²) in [4.78, 5) is 17.3. The van der Waals surface area contributed by atoms with Crippen LogP contribution in [0.25, 0.3) is 0 Å². The maximum absolute atomic E-state index is 11.2. The topological polar surface area (TPSA) is 62.7 Å². The minimum atomic E-state index is -0.958. The fourth-order valence-corrected chi connectivity index (χ4v) is 1.79. The lowest BCUT2D eigenvalue weighted by Gasteiger charge is -2.30. The van der Waals surface area contributed by atoms with Gasteiger partial charge in [-0.1, -0.05) is 0 Å². The molecule has 0 saturated carbocycles. The van der Waals surface area contributed by atoms with Crippen molar-refractivity contribution in [2.24, 2.45) is 0 Å². The third kappa shape index (κ3) is 3.43. The predicted molar refractivity (Wildman–Crippen MR) is 70.3 cm³/mol. The number of hydrogen-bond acceptors (Lipinski definition) is 4. The third-order valence-corrected chi connectivity index (χ3v) is 2.72. The van der Waals surface area contributed by atoms with E-state index in [0.717, 1.165) is 5.69 Å². The Morgan fingerprint density at radius 3 is 2.72 bits per heavy atom. The smallest absolute Gasteiger partial charge is 0.339 e. The summed E-state index contributed by atoms with van der Waals surface area (Å²) in [5, 5.41) is 9.21. The van der Waals surface area contributed by atoms with E-state index in [1.807, 2.05) is 25.7 Å². The number of nitrogens with zero attached hydrogens (tertiary/aromatic N) is 2. The summed E-state index contributed by atoms with van der Waals surface area (Å²) in [5.74, 6) is -0.958. The molecule has 0 saturated heterocycles. The molecule has 0 radical (unpaired) electrons. The average molecular weight is 252 g/mol. The number of aromatic nitrogens is 1. The van der Waals surface area contributed by atoms with Crippen LogP contribution >= 0.6 is 0 Å². The van der Waals surface area contributed by atoms with E-state index in [1.54, 1.807) is 13.2 Å². The monoisotopic (exact) mass is 252 g/mol. The number of pyridine rings is 1. The van der Waals surface area contributed by atoms with Crippen LogP contribution in [-0.4, -0.2) is 42.4 Å². The number of ether oxygens (including phenoxy) is 1. The van der Waals surface area contributed by atoms with Gasteiger partial charge >= 0.3 is 5.97 Å². The number of carboxylic acid groups (broad SMARTS) is 1. The van der Waals surface area contributed by atoms with Crippen molar-refractivity contribution in [3.05, 3.63) is 23.5 Å². The van der Waals surface area contributed by atoms with Crippen molar-refractivity contribution in [3.63, 3.8) is 0 Å². The Morgan fingerprint density at radius 1 is 1.56 bits per heavy atom. The molecule has 0 fully saturated rings. The highest BCUT2D eigenvalue weighted by atomic mass is 16.5. The average Bonchev–Trinajstić information content (AvgIpc) is 2.28. The van der Waals surface area contributed by atoms with E-state index in [9.17, 15) is 9.90 Å². The lowest BCUT2D eigenvalue weighted by Crippen LogP contribution is -2.35. The highest BCUT2D eigenvalue weighted by molar-refractivity contribution is 5.94. The van der Waals surface area contributed by atoms with E-state index in [1.165, 1.54) is 6.20 Å². The second kappa shape index (κ2) is 6.35. The van der Waals surface area contributed by atoms with Crippen LogP contribution in [0.3, 0.4) is 0 Å². The molecule has 0 aromatic carbocycles. The number of hydrogen-bond donors (Lipinski definition) is 1. The molecule has 0 aliphatic heterocycles. The molecule has 5 heteroatoms. The van der Waals surface area contributed by atoms with Crippen LogP contribution in [0.15, 0.2) is 12.3 Å². The Hall–Kier alpha value is -1.62. The lowest BCUT2D eigenvalue weighted by molar-refractivity contribution is 0.0697.